The lowest BCUT2D eigenvalue weighted by atomic mass is 10.0. The summed E-state index contributed by atoms with van der Waals surface area (Å²) >= 11 is 2.53. The van der Waals surface area contributed by atoms with Crippen molar-refractivity contribution in [3.8, 4) is 0 Å². The van der Waals surface area contributed by atoms with Crippen molar-refractivity contribution >= 4 is 53.2 Å². The lowest BCUT2D eigenvalue weighted by Crippen LogP contribution is -2.71. The van der Waals surface area contributed by atoms with Crippen molar-refractivity contribution < 1.29 is 43.7 Å². The van der Waals surface area contributed by atoms with E-state index in [0.29, 0.717) is 16.3 Å². The molecule has 2 aliphatic rings. The van der Waals surface area contributed by atoms with Crippen LogP contribution in [0.2, 0.25) is 0 Å². The van der Waals surface area contributed by atoms with Crippen molar-refractivity contribution in [1.29, 1.82) is 0 Å². The molecule has 3 heterocycles. The van der Waals surface area contributed by atoms with Crippen molar-refractivity contribution in [1.82, 2.24) is 30.4 Å². The molecule has 42 heavy (non-hydrogen) atoms. The van der Waals surface area contributed by atoms with Gasteiger partial charge in [-0.25, -0.2) is 9.48 Å². The zero-order valence-corrected chi connectivity index (χ0v) is 23.7. The maximum atomic E-state index is 13.2. The minimum Gasteiger partial charge on any atom is -0.481 e. The van der Waals surface area contributed by atoms with Gasteiger partial charge in [-0.15, -0.1) is 16.9 Å². The van der Waals surface area contributed by atoms with E-state index in [4.69, 9.17) is 20.3 Å². The number of nitrogens with zero attached hydrogens (tertiary/aromatic N) is 5. The minimum absolute atomic E-state index is 0.0703. The molecule has 0 spiro atoms. The first-order valence-electron chi connectivity index (χ1n) is 12.4. The van der Waals surface area contributed by atoms with Crippen LogP contribution in [0.4, 0.5) is 0 Å². The summed E-state index contributed by atoms with van der Waals surface area (Å²) in [6, 6.07) is 6.24. The number of hydrogen-bond donors (Lipinski definition) is 4. The van der Waals surface area contributed by atoms with Crippen LogP contribution in [0.25, 0.3) is 0 Å². The highest BCUT2D eigenvalue weighted by Gasteiger charge is 2.54. The largest absolute Gasteiger partial charge is 0.481 e. The Morgan fingerprint density at radius 3 is 2.62 bits per heavy atom. The molecule has 0 aliphatic carbocycles. The molecule has 0 saturated carbocycles. The third-order valence-electron chi connectivity index (χ3n) is 6.13. The Balaban J connectivity index is 1.44. The zero-order valence-electron chi connectivity index (χ0n) is 22.1. The normalized spacial score (nSPS) is 19.3. The van der Waals surface area contributed by atoms with Crippen molar-refractivity contribution in [3.63, 3.8) is 0 Å². The Hall–Kier alpha value is -4.00. The molecule has 18 heteroatoms. The number of aromatic nitrogens is 4. The third kappa shape index (κ3) is 7.25. The molecule has 2 aliphatic heterocycles. The van der Waals surface area contributed by atoms with E-state index in [1.807, 2.05) is 0 Å². The van der Waals surface area contributed by atoms with Gasteiger partial charge in [-0.3, -0.25) is 24.1 Å². The van der Waals surface area contributed by atoms with Gasteiger partial charge in [0.25, 0.3) is 11.8 Å². The fraction of sp³-hybridized carbons (Fsp3) is 0.417. The van der Waals surface area contributed by atoms with Crippen molar-refractivity contribution in [3.05, 3.63) is 47.2 Å². The highest BCUT2D eigenvalue weighted by Crippen LogP contribution is 2.42. The molecule has 1 saturated heterocycles. The van der Waals surface area contributed by atoms with E-state index < -0.39 is 72.9 Å². The van der Waals surface area contributed by atoms with Gasteiger partial charge in [0.1, 0.15) is 17.1 Å². The summed E-state index contributed by atoms with van der Waals surface area (Å²) in [7, 11) is 1.64. The summed E-state index contributed by atoms with van der Waals surface area (Å²) in [6.07, 6.45) is -2.34. The number of amides is 2. The Morgan fingerprint density at radius 2 is 1.95 bits per heavy atom. The Bertz CT molecular complexity index is 1390. The summed E-state index contributed by atoms with van der Waals surface area (Å²) in [4.78, 5) is 63.0. The first-order chi connectivity index (χ1) is 20.1. The molecule has 4 rings (SSSR count). The van der Waals surface area contributed by atoms with Crippen LogP contribution in [0.3, 0.4) is 0 Å². The van der Waals surface area contributed by atoms with Gasteiger partial charge in [-0.2, -0.15) is 0 Å². The molecule has 2 aromatic rings. The topological polar surface area (TPSA) is 229 Å². The average Bonchev–Trinajstić information content (AvgIpc) is 3.37. The Labute approximate surface area is 246 Å². The highest BCUT2D eigenvalue weighted by molar-refractivity contribution is 8.01. The van der Waals surface area contributed by atoms with E-state index in [2.05, 4.69) is 20.8 Å². The molecule has 5 N–H and O–H groups in total. The smallest absolute Gasteiger partial charge is 0.357 e. The van der Waals surface area contributed by atoms with Crippen LogP contribution in [0.5, 0.6) is 0 Å². The molecule has 0 radical (unpaired) electrons. The second-order valence-electron chi connectivity index (χ2n) is 9.16. The molecule has 2 amide bonds. The van der Waals surface area contributed by atoms with Crippen LogP contribution < -0.4 is 11.1 Å². The molecule has 1 aromatic carbocycles. The molecule has 0 bridgehead atoms. The number of aliphatic carboxylic acids is 1. The van der Waals surface area contributed by atoms with Gasteiger partial charge in [-0.1, -0.05) is 42.1 Å². The second-order valence-corrected chi connectivity index (χ2v) is 11.2. The maximum absolute atomic E-state index is 13.2. The lowest BCUT2D eigenvalue weighted by Gasteiger charge is -2.49. The highest BCUT2D eigenvalue weighted by atomic mass is 32.2. The minimum atomic E-state index is -1.49. The van der Waals surface area contributed by atoms with Crippen LogP contribution in [-0.2, 0) is 40.5 Å². The fourth-order valence-electron chi connectivity index (χ4n) is 4.08. The quantitative estimate of drug-likeness (QED) is 0.0903. The molecule has 1 fully saturated rings. The number of hydrogen-bond acceptors (Lipinski definition) is 14. The summed E-state index contributed by atoms with van der Waals surface area (Å²) in [5, 5.41) is 32.8. The predicted molar refractivity (Wildman–Crippen MR) is 145 cm³/mol. The number of carbonyl (C=O) groups excluding carboxylic acids is 4. The number of tetrazole rings is 1. The van der Waals surface area contributed by atoms with Crippen LogP contribution in [-0.4, -0.2) is 101 Å². The number of thioether (sulfide) groups is 2. The summed E-state index contributed by atoms with van der Waals surface area (Å²) in [5.41, 5.74) is 6.38. The van der Waals surface area contributed by atoms with Crippen molar-refractivity contribution in [2.45, 2.75) is 41.6 Å². The van der Waals surface area contributed by atoms with Crippen molar-refractivity contribution in [2.24, 2.45) is 12.8 Å². The number of rotatable bonds is 13. The number of aliphatic hydroxyl groups is 1. The fourth-order valence-corrected chi connectivity index (χ4v) is 6.42. The van der Waals surface area contributed by atoms with Gasteiger partial charge in [-0.05, 0) is 21.6 Å². The average molecular weight is 622 g/mol. The van der Waals surface area contributed by atoms with Crippen LogP contribution in [0.1, 0.15) is 24.5 Å². The predicted octanol–water partition coefficient (Wildman–Crippen LogP) is -1.07. The summed E-state index contributed by atoms with van der Waals surface area (Å²) in [5.74, 6) is -3.84. The van der Waals surface area contributed by atoms with Gasteiger partial charge in [0.05, 0.1) is 12.8 Å². The Morgan fingerprint density at radius 1 is 1.21 bits per heavy atom. The molecule has 4 atom stereocenters. The second kappa shape index (κ2) is 13.8. The molecular weight excluding hydrogens is 594 g/mol. The maximum Gasteiger partial charge on any atom is 0.357 e. The van der Waals surface area contributed by atoms with Gasteiger partial charge in [0.2, 0.25) is 11.9 Å². The number of carbonyl (C=O) groups is 5. The molecule has 1 aromatic heterocycles. The van der Waals surface area contributed by atoms with Crippen LogP contribution >= 0.6 is 23.5 Å². The van der Waals surface area contributed by atoms with Crippen LogP contribution in [0, 0.1) is 0 Å². The molecular formula is C24H27N7O9S2. The number of nitrogens with two attached hydrogens (primary N) is 1. The van der Waals surface area contributed by atoms with Gasteiger partial charge in [0.15, 0.2) is 6.10 Å². The summed E-state index contributed by atoms with van der Waals surface area (Å²) in [6.45, 7) is -0.794. The number of aliphatic hydroxyl groups excluding tert-OH is 1. The number of nitrogens with one attached hydrogen (secondary N) is 1. The Kier molecular flexibility index (Phi) is 10.2. The van der Waals surface area contributed by atoms with Gasteiger partial charge < -0.3 is 30.7 Å². The van der Waals surface area contributed by atoms with Crippen molar-refractivity contribution in [2.75, 3.05) is 18.3 Å². The summed E-state index contributed by atoms with van der Waals surface area (Å²) < 4.78 is 11.4. The number of β-lactam (4-membered cyclic amide) rings is 1. The van der Waals surface area contributed by atoms with E-state index in [9.17, 15) is 29.1 Å². The standard InChI is InChI=1S/C24H27N7O9S2/c1-30-24(27-28-29-30)42-10-13-9-41-22-17(26-20(36)19(35)12-5-3-2-4-6-12)21(37)31(22)18(13)23(38)40-11-39-16(34)8-14(25)7-15(32)33/h2-6,14,17,19,22,35H,7-11,25H2,1H3,(H,26,36)(H,32,33)/t14-,17+,19+,22+/m0/s1. The zero-order chi connectivity index (χ0) is 30.4. The van der Waals surface area contributed by atoms with Crippen LogP contribution in [0.15, 0.2) is 46.8 Å². The molecule has 0 unspecified atom stereocenters. The number of esters is 2. The van der Waals surface area contributed by atoms with E-state index >= 15 is 0 Å². The van der Waals surface area contributed by atoms with Gasteiger partial charge in [0, 0.05) is 24.6 Å². The van der Waals surface area contributed by atoms with E-state index in [0.717, 1.165) is 0 Å². The SMILES string of the molecule is Cn1nnnc1SCC1=C(C(=O)OCOC(=O)C[C@@H](N)CC(=O)O)N2C(=O)[C@@H](NC(=O)[C@H](O)c3ccccc3)[C@H]2SC1. The van der Waals surface area contributed by atoms with E-state index in [1.165, 1.54) is 33.1 Å². The number of carboxylic acids is 1. The first-order valence-corrected chi connectivity index (χ1v) is 14.5. The first kappa shape index (κ1) is 30.9. The lowest BCUT2D eigenvalue weighted by molar-refractivity contribution is -0.168. The molecule has 224 valence electrons. The number of carboxylic acid groups (broad SMARTS) is 1. The number of ether oxygens (including phenoxy) is 2. The number of aryl methyl sites for hydroxylation is 1. The van der Waals surface area contributed by atoms with Gasteiger partial charge >= 0.3 is 17.9 Å². The molecule has 16 nitrogen and oxygen atoms in total. The van der Waals surface area contributed by atoms with E-state index in [-0.39, 0.29) is 17.2 Å². The number of fused-ring (bicyclic) bond motifs is 1. The third-order valence-corrected chi connectivity index (χ3v) is 8.57. The van der Waals surface area contributed by atoms with E-state index in [1.54, 1.807) is 37.4 Å². The number of benzene rings is 1. The monoisotopic (exact) mass is 621 g/mol.